The summed E-state index contributed by atoms with van der Waals surface area (Å²) in [5.41, 5.74) is -0.863. The lowest BCUT2D eigenvalue weighted by molar-refractivity contribution is -0.205. The highest BCUT2D eigenvalue weighted by Crippen LogP contribution is 2.31. The van der Waals surface area contributed by atoms with Crippen molar-refractivity contribution in [2.45, 2.75) is 106 Å². The Hall–Kier alpha value is -2.28. The Morgan fingerprint density at radius 1 is 1.22 bits per heavy atom. The van der Waals surface area contributed by atoms with Gasteiger partial charge in [-0.25, -0.2) is 9.59 Å². The van der Waals surface area contributed by atoms with Gasteiger partial charge in [-0.05, 0) is 58.1 Å². The second-order valence-corrected chi connectivity index (χ2v) is 12.0. The zero-order valence-corrected chi connectivity index (χ0v) is 24.8. The molecule has 2 fully saturated rings. The van der Waals surface area contributed by atoms with Gasteiger partial charge in [-0.15, -0.1) is 23.4 Å². The van der Waals surface area contributed by atoms with Crippen LogP contribution in [0.15, 0.2) is 13.6 Å². The summed E-state index contributed by atoms with van der Waals surface area (Å²) < 4.78 is 20.9. The first-order chi connectivity index (χ1) is 19.5. The number of halogens is 1. The number of hydrogen-bond donors (Lipinski definition) is 4. The number of nitrogens with zero attached hydrogens (tertiary/aromatic N) is 2. The molecule has 2 amide bonds. The molecule has 9 atom stereocenters. The Morgan fingerprint density at radius 3 is 2.56 bits per heavy atom. The minimum Gasteiger partial charge on any atom is -0.441 e. The first kappa shape index (κ1) is 33.2. The molecule has 13 nitrogen and oxygen atoms in total. The third-order valence-electron chi connectivity index (χ3n) is 7.60. The molecule has 0 aliphatic carbocycles. The van der Waals surface area contributed by atoms with E-state index in [9.17, 15) is 29.7 Å². The van der Waals surface area contributed by atoms with Gasteiger partial charge in [0.2, 0.25) is 5.91 Å². The fourth-order valence-electron chi connectivity index (χ4n) is 5.22. The molecular weight excluding hydrogens is 582 g/mol. The molecule has 4 N–H and O–H groups in total. The van der Waals surface area contributed by atoms with Crippen molar-refractivity contribution in [1.82, 2.24) is 10.2 Å². The zero-order chi connectivity index (χ0) is 30.3. The van der Waals surface area contributed by atoms with Crippen LogP contribution in [0, 0.1) is 24.2 Å². The number of alkyl halides is 1. The van der Waals surface area contributed by atoms with Crippen LogP contribution in [-0.2, 0) is 20.9 Å². The second-order valence-electron chi connectivity index (χ2n) is 10.4. The highest BCUT2D eigenvalue weighted by Gasteiger charge is 2.48. The van der Waals surface area contributed by atoms with E-state index in [0.717, 1.165) is 18.2 Å². The highest BCUT2D eigenvalue weighted by atomic mass is 35.5. The van der Waals surface area contributed by atoms with Gasteiger partial charge in [0.1, 0.15) is 35.9 Å². The lowest BCUT2D eigenvalue weighted by atomic mass is 9.92. The Morgan fingerprint density at radius 2 is 1.95 bits per heavy atom. The van der Waals surface area contributed by atoms with Crippen molar-refractivity contribution < 1.29 is 43.2 Å². The summed E-state index contributed by atoms with van der Waals surface area (Å²) in [5, 5.41) is 42.3. The van der Waals surface area contributed by atoms with Crippen molar-refractivity contribution in [1.29, 1.82) is 5.26 Å². The number of hydrogen-bond acceptors (Lipinski definition) is 12. The van der Waals surface area contributed by atoms with Crippen molar-refractivity contribution in [3.63, 3.8) is 0 Å². The number of amides is 2. The van der Waals surface area contributed by atoms with Gasteiger partial charge in [0, 0.05) is 13.0 Å². The zero-order valence-electron chi connectivity index (χ0n) is 23.2. The molecule has 0 saturated carbocycles. The number of ether oxygens (including phenoxy) is 2. The average Bonchev–Trinajstić information content (AvgIpc) is 3.12. The van der Waals surface area contributed by atoms with Crippen LogP contribution in [0.2, 0.25) is 0 Å². The summed E-state index contributed by atoms with van der Waals surface area (Å²) in [6, 6.07) is 0.182. The molecule has 0 bridgehead atoms. The molecule has 1 unspecified atom stereocenters. The van der Waals surface area contributed by atoms with Gasteiger partial charge in [-0.2, -0.15) is 5.26 Å². The van der Waals surface area contributed by atoms with E-state index in [4.69, 9.17) is 35.2 Å². The van der Waals surface area contributed by atoms with E-state index in [-0.39, 0.29) is 30.6 Å². The molecule has 3 heterocycles. The van der Waals surface area contributed by atoms with Gasteiger partial charge in [-0.3, -0.25) is 9.69 Å². The lowest BCUT2D eigenvalue weighted by Gasteiger charge is -2.44. The van der Waals surface area contributed by atoms with Gasteiger partial charge in [0.15, 0.2) is 18.1 Å². The second kappa shape index (κ2) is 15.3. The van der Waals surface area contributed by atoms with Crippen LogP contribution >= 0.6 is 23.4 Å². The van der Waals surface area contributed by atoms with Gasteiger partial charge < -0.3 is 38.9 Å². The predicted octanol–water partition coefficient (Wildman–Crippen LogP) is 1.63. The fourth-order valence-corrected chi connectivity index (χ4v) is 6.11. The van der Waals surface area contributed by atoms with E-state index in [2.05, 4.69) is 11.4 Å². The van der Waals surface area contributed by atoms with Crippen molar-refractivity contribution in [2.75, 3.05) is 12.8 Å². The molecule has 0 aromatic carbocycles. The van der Waals surface area contributed by atoms with Gasteiger partial charge >= 0.3 is 11.9 Å². The van der Waals surface area contributed by atoms with E-state index in [1.807, 2.05) is 0 Å². The molecule has 41 heavy (non-hydrogen) atoms. The standard InChI is InChI=1S/C26H38ClN3O10S/c1-13(27)18(22-20(32)19(31)21(33)24(40-22)41-3)29-23(34)16-8-7-15(6-4-5-10-28)9-11-30(16)25(35)37-12-17-14(2)38-26(36)39-17/h13,15-16,18-22,24,31-33H,4-9,11-12H2,1-3H3,(H,29,34)/t13-,15-,16?,18+,19-,20+,21+,22+,24+/m0/s1. The van der Waals surface area contributed by atoms with Crippen LogP contribution in [0.5, 0.6) is 0 Å². The SMILES string of the molecule is CS[C@H]1O[C@H]([C@H](NC(=O)C2CC[C@H](CCCC#N)CCN2C(=O)OCc2oc(=O)oc2C)[C@H](C)Cl)[C@H](O)[C@H](O)[C@H]1O. The number of carbonyl (C=O) groups excluding carboxylic acids is 2. The Kier molecular flexibility index (Phi) is 12.4. The van der Waals surface area contributed by atoms with Gasteiger partial charge in [-0.1, -0.05) is 0 Å². The minimum atomic E-state index is -1.53. The first-order valence-electron chi connectivity index (χ1n) is 13.5. The molecule has 2 aliphatic heterocycles. The van der Waals surface area contributed by atoms with E-state index in [1.165, 1.54) is 11.8 Å². The van der Waals surface area contributed by atoms with E-state index in [0.29, 0.717) is 32.1 Å². The first-order valence-corrected chi connectivity index (χ1v) is 15.3. The predicted molar refractivity (Wildman–Crippen MR) is 147 cm³/mol. The molecule has 1 aromatic heterocycles. The van der Waals surface area contributed by atoms with Gasteiger partial charge in [0.05, 0.1) is 17.5 Å². The number of aryl methyl sites for hydroxylation is 1. The molecule has 230 valence electrons. The lowest BCUT2D eigenvalue weighted by Crippen LogP contribution is -2.65. The number of aliphatic hydroxyl groups excluding tert-OH is 3. The molecule has 1 aromatic rings. The van der Waals surface area contributed by atoms with Crippen LogP contribution in [0.1, 0.15) is 57.0 Å². The van der Waals surface area contributed by atoms with E-state index in [1.54, 1.807) is 13.2 Å². The number of nitriles is 1. The molecule has 15 heteroatoms. The summed E-state index contributed by atoms with van der Waals surface area (Å²) >= 11 is 7.57. The molecule has 2 aliphatic rings. The maximum absolute atomic E-state index is 13.7. The molecular formula is C26H38ClN3O10S. The minimum absolute atomic E-state index is 0.0529. The van der Waals surface area contributed by atoms with E-state index >= 15 is 0 Å². The fraction of sp³-hybridized carbons (Fsp3) is 0.769. The number of unbranched alkanes of at least 4 members (excludes halogenated alkanes) is 1. The number of thioether (sulfide) groups is 1. The Bertz CT molecular complexity index is 1120. The quantitative estimate of drug-likeness (QED) is 0.218. The van der Waals surface area contributed by atoms with E-state index < -0.39 is 65.1 Å². The monoisotopic (exact) mass is 619 g/mol. The van der Waals surface area contributed by atoms with Crippen LogP contribution in [-0.4, -0.2) is 92.3 Å². The summed E-state index contributed by atoms with van der Waals surface area (Å²) in [7, 11) is 0. The maximum Gasteiger partial charge on any atom is 0.519 e. The average molecular weight is 620 g/mol. The smallest absolute Gasteiger partial charge is 0.441 e. The van der Waals surface area contributed by atoms with Crippen LogP contribution in [0.4, 0.5) is 4.79 Å². The van der Waals surface area contributed by atoms with Gasteiger partial charge in [0.25, 0.3) is 0 Å². The largest absolute Gasteiger partial charge is 0.519 e. The van der Waals surface area contributed by atoms with Crippen molar-refractivity contribution >= 4 is 35.4 Å². The topological polar surface area (TPSA) is 196 Å². The summed E-state index contributed by atoms with van der Waals surface area (Å²) in [6.07, 6.45) is -1.28. The Balaban J connectivity index is 1.79. The summed E-state index contributed by atoms with van der Waals surface area (Å²) in [5.74, 6) is -1.07. The third kappa shape index (κ3) is 8.39. The molecule has 3 rings (SSSR count). The molecule has 0 spiro atoms. The number of rotatable bonds is 10. The Labute approximate surface area is 247 Å². The van der Waals surface area contributed by atoms with Crippen LogP contribution < -0.4 is 11.1 Å². The summed E-state index contributed by atoms with van der Waals surface area (Å²) in [6.45, 7) is 2.92. The normalized spacial score (nSPS) is 30.1. The third-order valence-corrected chi connectivity index (χ3v) is 8.73. The maximum atomic E-state index is 13.7. The number of aliphatic hydroxyl groups is 3. The summed E-state index contributed by atoms with van der Waals surface area (Å²) in [4.78, 5) is 39.6. The van der Waals surface area contributed by atoms with Crippen molar-refractivity contribution in [3.8, 4) is 6.07 Å². The molecule has 2 saturated heterocycles. The molecule has 0 radical (unpaired) electrons. The number of nitrogens with one attached hydrogen (secondary N) is 1. The number of carbonyl (C=O) groups is 2. The van der Waals surface area contributed by atoms with Crippen molar-refractivity contribution in [3.05, 3.63) is 22.1 Å². The highest BCUT2D eigenvalue weighted by molar-refractivity contribution is 7.99. The van der Waals surface area contributed by atoms with Crippen LogP contribution in [0.25, 0.3) is 0 Å². The van der Waals surface area contributed by atoms with Crippen LogP contribution in [0.3, 0.4) is 0 Å². The number of likely N-dealkylation sites (tertiary alicyclic amines) is 1. The van der Waals surface area contributed by atoms with Crippen molar-refractivity contribution in [2.24, 2.45) is 5.92 Å².